The third kappa shape index (κ3) is 3.31. The van der Waals surface area contributed by atoms with Crippen molar-refractivity contribution in [1.29, 1.82) is 0 Å². The molecule has 2 unspecified atom stereocenters. The average Bonchev–Trinajstić information content (AvgIpc) is 3.00. The molecule has 0 amide bonds. The molecule has 2 aliphatic rings. The van der Waals surface area contributed by atoms with Gasteiger partial charge in [-0.15, -0.1) is 11.3 Å². The summed E-state index contributed by atoms with van der Waals surface area (Å²) in [5.74, 6) is 2.06. The number of aromatic nitrogens is 1. The summed E-state index contributed by atoms with van der Waals surface area (Å²) in [7, 11) is 0. The molecular weight excluding hydrogens is 274 g/mol. The summed E-state index contributed by atoms with van der Waals surface area (Å²) in [6.07, 6.45) is 6.34. The van der Waals surface area contributed by atoms with Crippen LogP contribution in [0.15, 0.2) is 15.9 Å². The smallest absolute Gasteiger partial charge is 0.157 e. The molecule has 2 heterocycles. The van der Waals surface area contributed by atoms with E-state index >= 15 is 0 Å². The highest BCUT2D eigenvalue weighted by atomic mass is 32.2. The van der Waals surface area contributed by atoms with Crippen LogP contribution in [0.5, 0.6) is 0 Å². The number of thiazole rings is 1. The summed E-state index contributed by atoms with van der Waals surface area (Å²) in [5.41, 5.74) is 3.41. The molecule has 1 aromatic heterocycles. The predicted molar refractivity (Wildman–Crippen MR) is 84.1 cm³/mol. The molecule has 3 rings (SSSR count). The van der Waals surface area contributed by atoms with E-state index in [9.17, 15) is 0 Å². The van der Waals surface area contributed by atoms with Gasteiger partial charge < -0.3 is 5.32 Å². The molecule has 104 valence electrons. The highest BCUT2D eigenvalue weighted by molar-refractivity contribution is 8.14. The summed E-state index contributed by atoms with van der Waals surface area (Å²) < 4.78 is 0. The van der Waals surface area contributed by atoms with Crippen LogP contribution in [0.25, 0.3) is 0 Å². The topological polar surface area (TPSA) is 37.3 Å². The van der Waals surface area contributed by atoms with Crippen LogP contribution in [0.4, 0.5) is 0 Å². The van der Waals surface area contributed by atoms with Crippen LogP contribution in [-0.4, -0.2) is 28.0 Å². The van der Waals surface area contributed by atoms with E-state index in [1.807, 2.05) is 17.3 Å². The SMILES string of the molecule is CC1CCCC2(CSC(=NCCc3cscn3)N2)C1. The van der Waals surface area contributed by atoms with Crippen LogP contribution in [0.3, 0.4) is 0 Å². The molecule has 1 aliphatic heterocycles. The number of amidine groups is 1. The molecule has 5 heteroatoms. The van der Waals surface area contributed by atoms with Crippen molar-refractivity contribution in [3.05, 3.63) is 16.6 Å². The van der Waals surface area contributed by atoms with E-state index < -0.39 is 0 Å². The first-order valence-corrected chi connectivity index (χ1v) is 9.01. The van der Waals surface area contributed by atoms with Gasteiger partial charge in [0.15, 0.2) is 5.17 Å². The van der Waals surface area contributed by atoms with Gasteiger partial charge in [0.2, 0.25) is 0 Å². The zero-order chi connectivity index (χ0) is 13.1. The molecule has 1 N–H and O–H groups in total. The Kier molecular flexibility index (Phi) is 4.12. The standard InChI is InChI=1S/C14H21N3S2/c1-11-3-2-5-14(7-11)9-19-13(17-14)15-6-4-12-8-18-10-16-12/h8,10-11H,2-7,9H2,1H3,(H,15,17). The van der Waals surface area contributed by atoms with Crippen LogP contribution >= 0.6 is 23.1 Å². The third-order valence-corrected chi connectivity index (χ3v) is 5.89. The quantitative estimate of drug-likeness (QED) is 0.929. The average molecular weight is 295 g/mol. The minimum Gasteiger partial charge on any atom is -0.359 e. The normalized spacial score (nSPS) is 32.9. The zero-order valence-electron chi connectivity index (χ0n) is 11.4. The number of thioether (sulfide) groups is 1. The third-order valence-electron chi connectivity index (χ3n) is 4.06. The van der Waals surface area contributed by atoms with Crippen molar-refractivity contribution < 1.29 is 0 Å². The second kappa shape index (κ2) is 5.83. The first kappa shape index (κ1) is 13.4. The Morgan fingerprint density at radius 2 is 2.53 bits per heavy atom. The van der Waals surface area contributed by atoms with E-state index in [1.54, 1.807) is 11.3 Å². The molecule has 1 aromatic rings. The van der Waals surface area contributed by atoms with Gasteiger partial charge in [0.05, 0.1) is 11.2 Å². The lowest BCUT2D eigenvalue weighted by molar-refractivity contribution is 0.242. The van der Waals surface area contributed by atoms with Crippen molar-refractivity contribution in [3.63, 3.8) is 0 Å². The van der Waals surface area contributed by atoms with Gasteiger partial charge in [0.25, 0.3) is 0 Å². The van der Waals surface area contributed by atoms with Crippen molar-refractivity contribution in [2.24, 2.45) is 10.9 Å². The molecule has 0 radical (unpaired) electrons. The molecule has 1 aliphatic carbocycles. The van der Waals surface area contributed by atoms with E-state index in [2.05, 4.69) is 22.6 Å². The van der Waals surface area contributed by atoms with Gasteiger partial charge in [0.1, 0.15) is 0 Å². The van der Waals surface area contributed by atoms with Crippen LogP contribution in [0.2, 0.25) is 0 Å². The largest absolute Gasteiger partial charge is 0.359 e. The van der Waals surface area contributed by atoms with Crippen molar-refractivity contribution in [3.8, 4) is 0 Å². The fourth-order valence-electron chi connectivity index (χ4n) is 3.13. The van der Waals surface area contributed by atoms with Crippen LogP contribution in [-0.2, 0) is 6.42 Å². The maximum atomic E-state index is 4.71. The van der Waals surface area contributed by atoms with Gasteiger partial charge in [-0.25, -0.2) is 4.98 Å². The highest BCUT2D eigenvalue weighted by Gasteiger charge is 2.40. The van der Waals surface area contributed by atoms with E-state index in [0.717, 1.165) is 24.1 Å². The first-order valence-electron chi connectivity index (χ1n) is 7.08. The lowest BCUT2D eigenvalue weighted by Gasteiger charge is -2.36. The number of rotatable bonds is 3. The summed E-state index contributed by atoms with van der Waals surface area (Å²) >= 11 is 3.57. The fourth-order valence-corrected chi connectivity index (χ4v) is 4.94. The number of aliphatic imine (C=N–C) groups is 1. The van der Waals surface area contributed by atoms with Crippen LogP contribution in [0, 0.1) is 5.92 Å². The van der Waals surface area contributed by atoms with E-state index in [0.29, 0.717) is 5.54 Å². The molecule has 1 spiro atoms. The number of nitrogens with one attached hydrogen (secondary N) is 1. The summed E-state index contributed by atoms with van der Waals surface area (Å²) in [6.45, 7) is 3.23. The predicted octanol–water partition coefficient (Wildman–Crippen LogP) is 3.33. The van der Waals surface area contributed by atoms with Gasteiger partial charge in [-0.1, -0.05) is 31.5 Å². The van der Waals surface area contributed by atoms with Crippen molar-refractivity contribution >= 4 is 28.3 Å². The maximum absolute atomic E-state index is 4.71. The van der Waals surface area contributed by atoms with Crippen molar-refractivity contribution in [2.75, 3.05) is 12.3 Å². The van der Waals surface area contributed by atoms with E-state index in [-0.39, 0.29) is 0 Å². The van der Waals surface area contributed by atoms with Gasteiger partial charge in [-0.3, -0.25) is 4.99 Å². The van der Waals surface area contributed by atoms with Crippen LogP contribution in [0.1, 0.15) is 38.3 Å². The minimum absolute atomic E-state index is 0.349. The zero-order valence-corrected chi connectivity index (χ0v) is 13.0. The fraction of sp³-hybridized carbons (Fsp3) is 0.714. The Morgan fingerprint density at radius 3 is 3.32 bits per heavy atom. The van der Waals surface area contributed by atoms with Gasteiger partial charge in [-0.2, -0.15) is 0 Å². The van der Waals surface area contributed by atoms with E-state index in [4.69, 9.17) is 4.99 Å². The molecule has 2 atom stereocenters. The number of hydrogen-bond acceptors (Lipinski definition) is 4. The molecule has 1 saturated heterocycles. The van der Waals surface area contributed by atoms with Gasteiger partial charge >= 0.3 is 0 Å². The summed E-state index contributed by atoms with van der Waals surface area (Å²) in [6, 6.07) is 0. The monoisotopic (exact) mass is 295 g/mol. The summed E-state index contributed by atoms with van der Waals surface area (Å²) in [4.78, 5) is 9.00. The van der Waals surface area contributed by atoms with Gasteiger partial charge in [0, 0.05) is 29.6 Å². The summed E-state index contributed by atoms with van der Waals surface area (Å²) in [5, 5.41) is 6.98. The first-order chi connectivity index (χ1) is 9.26. The molecular formula is C14H21N3S2. The highest BCUT2D eigenvalue weighted by Crippen LogP contribution is 2.38. The second-order valence-corrected chi connectivity index (χ2v) is 7.49. The maximum Gasteiger partial charge on any atom is 0.157 e. The Balaban J connectivity index is 1.53. The van der Waals surface area contributed by atoms with Crippen molar-refractivity contribution in [2.45, 2.75) is 44.6 Å². The lowest BCUT2D eigenvalue weighted by Crippen LogP contribution is -2.47. The Hall–Kier alpha value is -0.550. The Bertz CT molecular complexity index is 444. The van der Waals surface area contributed by atoms with E-state index in [1.165, 1.54) is 37.1 Å². The molecule has 0 aromatic carbocycles. The molecule has 2 fully saturated rings. The second-order valence-electron chi connectivity index (χ2n) is 5.81. The minimum atomic E-state index is 0.349. The molecule has 3 nitrogen and oxygen atoms in total. The molecule has 1 saturated carbocycles. The Morgan fingerprint density at radius 1 is 1.58 bits per heavy atom. The van der Waals surface area contributed by atoms with Crippen LogP contribution < -0.4 is 5.32 Å². The van der Waals surface area contributed by atoms with Crippen molar-refractivity contribution in [1.82, 2.24) is 10.3 Å². The number of nitrogens with zero attached hydrogens (tertiary/aromatic N) is 2. The Labute approximate surface area is 123 Å². The lowest BCUT2D eigenvalue weighted by atomic mass is 9.78. The van der Waals surface area contributed by atoms with Gasteiger partial charge in [-0.05, 0) is 18.8 Å². The molecule has 19 heavy (non-hydrogen) atoms. The molecule has 0 bridgehead atoms. The number of hydrogen-bond donors (Lipinski definition) is 1.